The van der Waals surface area contributed by atoms with Crippen molar-refractivity contribution < 1.29 is 89.4 Å². The second-order valence-corrected chi connectivity index (χ2v) is 20.4. The lowest BCUT2D eigenvalue weighted by molar-refractivity contribution is -0.379. The van der Waals surface area contributed by atoms with E-state index >= 15 is 0 Å². The zero-order chi connectivity index (χ0) is 53.4. The number of hydrogen-bond acceptors (Lipinski definition) is 18. The quantitative estimate of drug-likeness (QED) is 0.0308. The van der Waals surface area contributed by atoms with E-state index in [1.165, 1.54) is 77.0 Å². The van der Waals surface area contributed by atoms with Crippen LogP contribution in [0.3, 0.4) is 0 Å². The number of amides is 1. The summed E-state index contributed by atoms with van der Waals surface area (Å²) in [5.74, 6) is -0.259. The number of unbranched alkanes of at least 4 members (excludes halogenated alkanes) is 20. The molecule has 19 heteroatoms. The Bertz CT molecular complexity index is 1440. The predicted octanol–water partition coefficient (Wildman–Crippen LogP) is 3.59. The largest absolute Gasteiger partial charge is 0.394 e. The molecule has 73 heavy (non-hydrogen) atoms. The Balaban J connectivity index is 1.53. The Labute approximate surface area is 435 Å². The van der Waals surface area contributed by atoms with Gasteiger partial charge in [-0.2, -0.15) is 0 Å². The van der Waals surface area contributed by atoms with Crippen LogP contribution >= 0.6 is 0 Å². The highest BCUT2D eigenvalue weighted by atomic mass is 16.8. The number of nitrogens with one attached hydrogen (secondary N) is 1. The summed E-state index contributed by atoms with van der Waals surface area (Å²) in [5.41, 5.74) is 0. The summed E-state index contributed by atoms with van der Waals surface area (Å²) in [4.78, 5) is 13.3. The minimum atomic E-state index is -1.97. The topological polar surface area (TPSA) is 307 Å². The molecule has 0 aromatic carbocycles. The molecule has 3 heterocycles. The first kappa shape index (κ1) is 65.6. The molecule has 12 N–H and O–H groups in total. The van der Waals surface area contributed by atoms with E-state index in [2.05, 4.69) is 43.5 Å². The van der Waals surface area contributed by atoms with Crippen molar-refractivity contribution in [2.45, 2.75) is 285 Å². The highest BCUT2D eigenvalue weighted by Gasteiger charge is 2.53. The molecule has 428 valence electrons. The monoisotopic (exact) mass is 1050 g/mol. The Morgan fingerprint density at radius 2 is 0.904 bits per heavy atom. The van der Waals surface area contributed by atoms with Gasteiger partial charge in [0, 0.05) is 6.42 Å². The van der Waals surface area contributed by atoms with E-state index in [1.807, 2.05) is 0 Å². The molecule has 0 aromatic heterocycles. The summed E-state index contributed by atoms with van der Waals surface area (Å²) in [5, 5.41) is 120. The number of carbonyl (C=O) groups excluding carboxylic acids is 1. The van der Waals surface area contributed by atoms with Crippen molar-refractivity contribution in [1.82, 2.24) is 5.32 Å². The number of aliphatic hydroxyl groups is 11. The third-order valence-electron chi connectivity index (χ3n) is 14.3. The minimum Gasteiger partial charge on any atom is -0.394 e. The van der Waals surface area contributed by atoms with Gasteiger partial charge in [0.05, 0.1) is 38.6 Å². The molecular formula is C54H99NO18. The second kappa shape index (κ2) is 38.8. The summed E-state index contributed by atoms with van der Waals surface area (Å²) in [6.45, 7) is 1.72. The van der Waals surface area contributed by atoms with Crippen molar-refractivity contribution in [2.75, 3.05) is 26.4 Å². The Hall–Kier alpha value is -1.73. The summed E-state index contributed by atoms with van der Waals surface area (Å²) < 4.78 is 34.2. The summed E-state index contributed by atoms with van der Waals surface area (Å²) in [6, 6.07) is -0.891. The van der Waals surface area contributed by atoms with Gasteiger partial charge in [-0.25, -0.2) is 0 Å². The minimum absolute atomic E-state index is 0.251. The van der Waals surface area contributed by atoms with Crippen LogP contribution in [0.5, 0.6) is 0 Å². The lowest BCUT2D eigenvalue weighted by atomic mass is 9.96. The van der Waals surface area contributed by atoms with Gasteiger partial charge in [-0.1, -0.05) is 154 Å². The maximum Gasteiger partial charge on any atom is 0.220 e. The molecule has 19 nitrogen and oxygen atoms in total. The number of allylic oxidation sites excluding steroid dienone is 4. The number of hydrogen-bond donors (Lipinski definition) is 12. The van der Waals surface area contributed by atoms with Gasteiger partial charge in [-0.05, 0) is 44.9 Å². The normalized spacial score (nSPS) is 31.9. The van der Waals surface area contributed by atoms with E-state index in [9.17, 15) is 61.0 Å². The molecular weight excluding hydrogens is 951 g/mol. The van der Waals surface area contributed by atoms with Crippen molar-refractivity contribution in [2.24, 2.45) is 0 Å². The average molecular weight is 1050 g/mol. The van der Waals surface area contributed by atoms with E-state index in [-0.39, 0.29) is 18.9 Å². The molecule has 0 spiro atoms. The van der Waals surface area contributed by atoms with Crippen molar-refractivity contribution >= 4 is 5.91 Å². The first-order valence-corrected chi connectivity index (χ1v) is 28.1. The average Bonchev–Trinajstić information content (AvgIpc) is 3.39. The Kier molecular flexibility index (Phi) is 34.8. The van der Waals surface area contributed by atoms with E-state index < -0.39 is 124 Å². The van der Waals surface area contributed by atoms with Gasteiger partial charge >= 0.3 is 0 Å². The van der Waals surface area contributed by atoms with Gasteiger partial charge in [0.15, 0.2) is 18.9 Å². The Morgan fingerprint density at radius 3 is 1.42 bits per heavy atom. The molecule has 1 amide bonds. The third kappa shape index (κ3) is 23.8. The number of rotatable bonds is 40. The van der Waals surface area contributed by atoms with Crippen LogP contribution in [0.2, 0.25) is 0 Å². The number of carbonyl (C=O) groups is 1. The van der Waals surface area contributed by atoms with Crippen LogP contribution in [0, 0.1) is 0 Å². The Morgan fingerprint density at radius 1 is 0.493 bits per heavy atom. The standard InChI is InChI=1S/C54H99NO18/c1-3-5-7-9-11-13-15-17-18-20-22-24-26-28-30-32-42(60)55-37(38(59)31-29-27-25-23-21-19-16-14-12-10-8-6-4-2)36-68-52-48(66)45(63)50(40(34-57)70-52)73-54-49(67)46(64)51(41(35-58)71-54)72-53-47(65)44(62)43(61)39(33-56)69-53/h11,13,17-18,37-41,43-54,56-59,61-67H,3-10,12,14-16,19-36H2,1-2H3,(H,55,60)/b13-11-,18-17-. The SMILES string of the molecule is CCCCC/C=C\C/C=C\CCCCCCCC(=O)NC(COC1OC(CO)C(OC2OC(CO)C(OC3OC(CO)C(O)C(O)C3O)C(O)C2O)C(O)C1O)C(O)CCCCCCCCCCCCCCC. The third-order valence-corrected chi connectivity index (χ3v) is 14.3. The lowest BCUT2D eigenvalue weighted by Gasteiger charge is -2.48. The van der Waals surface area contributed by atoms with Gasteiger partial charge in [0.25, 0.3) is 0 Å². The summed E-state index contributed by atoms with van der Waals surface area (Å²) >= 11 is 0. The van der Waals surface area contributed by atoms with Crippen molar-refractivity contribution in [1.29, 1.82) is 0 Å². The maximum atomic E-state index is 13.3. The first-order chi connectivity index (χ1) is 35.3. The van der Waals surface area contributed by atoms with Gasteiger partial charge < -0.3 is 89.9 Å². The summed E-state index contributed by atoms with van der Waals surface area (Å²) in [7, 11) is 0. The fourth-order valence-corrected chi connectivity index (χ4v) is 9.58. The number of ether oxygens (including phenoxy) is 6. The van der Waals surface area contributed by atoms with Gasteiger partial charge in [0.1, 0.15) is 73.2 Å². The molecule has 3 saturated heterocycles. The molecule has 0 radical (unpaired) electrons. The number of aliphatic hydroxyl groups excluding tert-OH is 11. The molecule has 0 aromatic rings. The van der Waals surface area contributed by atoms with Crippen LogP contribution in [-0.2, 0) is 33.2 Å². The highest BCUT2D eigenvalue weighted by molar-refractivity contribution is 5.76. The van der Waals surface area contributed by atoms with Crippen molar-refractivity contribution in [3.8, 4) is 0 Å². The molecule has 3 aliphatic rings. The van der Waals surface area contributed by atoms with Gasteiger partial charge in [0.2, 0.25) is 5.91 Å². The fourth-order valence-electron chi connectivity index (χ4n) is 9.58. The van der Waals surface area contributed by atoms with Crippen LogP contribution in [0.1, 0.15) is 181 Å². The lowest BCUT2D eigenvalue weighted by Crippen LogP contribution is -2.66. The van der Waals surface area contributed by atoms with Crippen molar-refractivity contribution in [3.63, 3.8) is 0 Å². The molecule has 0 saturated carbocycles. The first-order valence-electron chi connectivity index (χ1n) is 28.1. The van der Waals surface area contributed by atoms with Gasteiger partial charge in [-0.3, -0.25) is 4.79 Å². The molecule has 0 aliphatic carbocycles. The van der Waals surface area contributed by atoms with Gasteiger partial charge in [-0.15, -0.1) is 0 Å². The van der Waals surface area contributed by atoms with Crippen LogP contribution < -0.4 is 5.32 Å². The molecule has 0 bridgehead atoms. The van der Waals surface area contributed by atoms with Crippen LogP contribution in [0.25, 0.3) is 0 Å². The summed E-state index contributed by atoms with van der Waals surface area (Å²) in [6.07, 6.45) is 9.82. The van der Waals surface area contributed by atoms with Crippen molar-refractivity contribution in [3.05, 3.63) is 24.3 Å². The zero-order valence-corrected chi connectivity index (χ0v) is 44.1. The van der Waals surface area contributed by atoms with E-state index in [0.717, 1.165) is 70.6 Å². The molecule has 3 fully saturated rings. The van der Waals surface area contributed by atoms with E-state index in [1.54, 1.807) is 0 Å². The molecule has 17 atom stereocenters. The van der Waals surface area contributed by atoms with E-state index in [0.29, 0.717) is 12.8 Å². The predicted molar refractivity (Wildman–Crippen MR) is 273 cm³/mol. The van der Waals surface area contributed by atoms with Crippen LogP contribution in [0.4, 0.5) is 0 Å². The van der Waals surface area contributed by atoms with Crippen LogP contribution in [0.15, 0.2) is 24.3 Å². The molecule has 17 unspecified atom stereocenters. The fraction of sp³-hybridized carbons (Fsp3) is 0.907. The molecule has 3 aliphatic heterocycles. The molecule has 3 rings (SSSR count). The maximum absolute atomic E-state index is 13.3. The second-order valence-electron chi connectivity index (χ2n) is 20.4. The van der Waals surface area contributed by atoms with Crippen LogP contribution in [-0.4, -0.2) is 193 Å². The smallest absolute Gasteiger partial charge is 0.220 e. The highest BCUT2D eigenvalue weighted by Crippen LogP contribution is 2.33. The van der Waals surface area contributed by atoms with E-state index in [4.69, 9.17) is 28.4 Å². The zero-order valence-electron chi connectivity index (χ0n) is 44.1.